The number of piperidine rings is 1. The second kappa shape index (κ2) is 18.5. The first-order valence-electron chi connectivity index (χ1n) is 22.3. The van der Waals surface area contributed by atoms with Crippen molar-refractivity contribution in [3.63, 3.8) is 0 Å². The summed E-state index contributed by atoms with van der Waals surface area (Å²) in [7, 11) is -2.40. The molecule has 340 valence electrons. The second-order valence-electron chi connectivity index (χ2n) is 19.4. The van der Waals surface area contributed by atoms with Crippen molar-refractivity contribution in [3.05, 3.63) is 70.3 Å². The van der Waals surface area contributed by atoms with E-state index in [1.807, 2.05) is 45.9 Å². The molecule has 2 aliphatic carbocycles. The lowest BCUT2D eigenvalue weighted by Gasteiger charge is -2.52. The Bertz CT molecular complexity index is 2150. The summed E-state index contributed by atoms with van der Waals surface area (Å²) in [4.78, 5) is 47.1. The van der Waals surface area contributed by atoms with Crippen LogP contribution < -0.4 is 14.4 Å². The summed E-state index contributed by atoms with van der Waals surface area (Å²) in [6.45, 7) is 11.6. The molecule has 0 unspecified atom stereocenters. The van der Waals surface area contributed by atoms with E-state index in [0.29, 0.717) is 49.9 Å². The van der Waals surface area contributed by atoms with Gasteiger partial charge >= 0.3 is 6.09 Å². The Morgan fingerprint density at radius 1 is 1.06 bits per heavy atom. The average Bonchev–Trinajstić information content (AvgIpc) is 3.36. The summed E-state index contributed by atoms with van der Waals surface area (Å²) in [5.41, 5.74) is 1.33. The Hall–Kier alpha value is -3.52. The first-order valence-corrected chi connectivity index (χ1v) is 24.8. The Balaban J connectivity index is 1.29. The number of fused-ring (bicyclic) bond motifs is 4. The molecule has 1 N–H and O–H groups in total. The summed E-state index contributed by atoms with van der Waals surface area (Å²) >= 11 is 12.9. The average molecular weight is 916 g/mol. The second-order valence-corrected chi connectivity index (χ2v) is 22.2. The van der Waals surface area contributed by atoms with E-state index in [2.05, 4.69) is 21.8 Å². The monoisotopic (exact) mass is 914 g/mol. The summed E-state index contributed by atoms with van der Waals surface area (Å²) < 4.78 is 49.1. The number of sulfonamides is 1. The van der Waals surface area contributed by atoms with Crippen molar-refractivity contribution >= 4 is 56.8 Å². The van der Waals surface area contributed by atoms with E-state index in [1.54, 1.807) is 42.0 Å². The summed E-state index contributed by atoms with van der Waals surface area (Å²) in [6.07, 6.45) is 11.0. The molecule has 2 aromatic carbocycles. The van der Waals surface area contributed by atoms with Gasteiger partial charge in [0.1, 0.15) is 22.8 Å². The highest BCUT2D eigenvalue weighted by molar-refractivity contribution is 7.90. The van der Waals surface area contributed by atoms with Gasteiger partial charge in [-0.25, -0.2) is 17.9 Å². The molecule has 1 saturated heterocycles. The molecule has 15 heteroatoms. The number of ether oxygens (including phenoxy) is 3. The zero-order valence-electron chi connectivity index (χ0n) is 37.1. The van der Waals surface area contributed by atoms with Crippen LogP contribution in [-0.4, -0.2) is 111 Å². The van der Waals surface area contributed by atoms with Gasteiger partial charge in [-0.3, -0.25) is 9.59 Å². The molecule has 62 heavy (non-hydrogen) atoms. The highest BCUT2D eigenvalue weighted by Gasteiger charge is 2.51. The highest BCUT2D eigenvalue weighted by atomic mass is 35.5. The third-order valence-corrected chi connectivity index (χ3v) is 16.6. The number of methoxy groups -OCH3 is 1. The van der Waals surface area contributed by atoms with Crippen molar-refractivity contribution in [2.45, 2.75) is 120 Å². The van der Waals surface area contributed by atoms with Crippen molar-refractivity contribution in [1.29, 1.82) is 0 Å². The smallest absolute Gasteiger partial charge is 0.410 e. The van der Waals surface area contributed by atoms with Gasteiger partial charge in [-0.15, -0.1) is 11.6 Å². The first-order chi connectivity index (χ1) is 29.4. The van der Waals surface area contributed by atoms with Crippen LogP contribution in [0.2, 0.25) is 5.02 Å². The number of allylic oxidation sites excluding steroid dienone is 1. The fourth-order valence-corrected chi connectivity index (χ4v) is 12.1. The number of alkyl halides is 1. The van der Waals surface area contributed by atoms with Crippen LogP contribution in [0, 0.1) is 17.8 Å². The number of rotatable bonds is 6. The number of aryl methyl sites for hydroxylation is 1. The van der Waals surface area contributed by atoms with Crippen LogP contribution in [0.5, 0.6) is 5.75 Å². The lowest BCUT2D eigenvalue weighted by molar-refractivity contribution is -0.139. The summed E-state index contributed by atoms with van der Waals surface area (Å²) in [5, 5.41) is -0.209. The number of amides is 3. The minimum atomic E-state index is -4.08. The van der Waals surface area contributed by atoms with E-state index < -0.39 is 38.5 Å². The Morgan fingerprint density at radius 3 is 2.56 bits per heavy atom. The topological polar surface area (TPSA) is 135 Å². The van der Waals surface area contributed by atoms with Crippen LogP contribution in [0.1, 0.15) is 107 Å². The van der Waals surface area contributed by atoms with Crippen LogP contribution in [0.4, 0.5) is 10.5 Å². The van der Waals surface area contributed by atoms with E-state index in [0.717, 1.165) is 50.6 Å². The quantitative estimate of drug-likeness (QED) is 0.225. The maximum atomic E-state index is 14.0. The SMILES string of the molecule is CO[C@]1(CN(C[C@H]2CCCCN2C(=O)OC(C)(C)C)C(=O)CCl)/C=C/C[C@H](C)[C@@H](C)S(=O)(=O)NC(=O)c2ccc3c(c2)N(C[C@@H]2CC[C@H]21)C[C@@]1(CCCc2cc(Cl)ccc21)CO3. The molecule has 0 aromatic heterocycles. The molecule has 0 radical (unpaired) electrons. The third-order valence-electron chi connectivity index (χ3n) is 14.2. The maximum absolute atomic E-state index is 14.0. The van der Waals surface area contributed by atoms with Gasteiger partial charge in [0.05, 0.1) is 30.1 Å². The van der Waals surface area contributed by atoms with E-state index in [4.69, 9.17) is 37.4 Å². The number of hydrogen-bond acceptors (Lipinski definition) is 9. The molecule has 1 spiro atoms. The van der Waals surface area contributed by atoms with Gasteiger partial charge in [0, 0.05) is 49.3 Å². The molecule has 2 aromatic rings. The lowest BCUT2D eigenvalue weighted by Crippen LogP contribution is -2.59. The molecule has 7 atom stereocenters. The molecular formula is C47H64Cl2N4O8S. The number of nitrogens with one attached hydrogen (secondary N) is 1. The van der Waals surface area contributed by atoms with E-state index in [1.165, 1.54) is 11.1 Å². The molecule has 3 aliphatic heterocycles. The molecule has 12 nitrogen and oxygen atoms in total. The van der Waals surface area contributed by atoms with Crippen molar-refractivity contribution in [3.8, 4) is 5.75 Å². The number of carbonyl (C=O) groups excluding carboxylic acids is 3. The summed E-state index contributed by atoms with van der Waals surface area (Å²) in [5.74, 6) is -0.892. The van der Waals surface area contributed by atoms with E-state index >= 15 is 0 Å². The van der Waals surface area contributed by atoms with E-state index in [9.17, 15) is 22.8 Å². The third kappa shape index (κ3) is 9.76. The van der Waals surface area contributed by atoms with Crippen molar-refractivity contribution in [2.75, 3.05) is 57.2 Å². The Kier molecular flexibility index (Phi) is 13.9. The Morgan fingerprint density at radius 2 is 1.85 bits per heavy atom. The van der Waals surface area contributed by atoms with Crippen molar-refractivity contribution in [2.24, 2.45) is 17.8 Å². The van der Waals surface area contributed by atoms with Gasteiger partial charge in [0.25, 0.3) is 5.91 Å². The van der Waals surface area contributed by atoms with Crippen molar-refractivity contribution in [1.82, 2.24) is 14.5 Å². The normalized spacial score (nSPS) is 30.4. The first kappa shape index (κ1) is 46.5. The molecule has 1 saturated carbocycles. The number of anilines is 1. The molecular weight excluding hydrogens is 852 g/mol. The van der Waals surface area contributed by atoms with Gasteiger partial charge in [-0.05, 0) is 145 Å². The zero-order valence-corrected chi connectivity index (χ0v) is 39.4. The number of hydrogen-bond donors (Lipinski definition) is 1. The van der Waals surface area contributed by atoms with Crippen molar-refractivity contribution < 1.29 is 37.0 Å². The van der Waals surface area contributed by atoms with Gasteiger partial charge in [-0.2, -0.15) is 0 Å². The lowest BCUT2D eigenvalue weighted by atomic mass is 9.63. The molecule has 3 amide bonds. The predicted molar refractivity (Wildman–Crippen MR) is 243 cm³/mol. The predicted octanol–water partition coefficient (Wildman–Crippen LogP) is 8.13. The number of likely N-dealkylation sites (tertiary alicyclic amines) is 1. The molecule has 2 fully saturated rings. The van der Waals surface area contributed by atoms with Gasteiger partial charge in [0.2, 0.25) is 15.9 Å². The number of halogens is 2. The summed E-state index contributed by atoms with van der Waals surface area (Å²) in [6, 6.07) is 11.0. The van der Waals surface area contributed by atoms with Gasteiger partial charge in [0.15, 0.2) is 0 Å². The zero-order chi connectivity index (χ0) is 44.6. The number of carbonyl (C=O) groups is 3. The molecule has 2 bridgehead atoms. The van der Waals surface area contributed by atoms with Gasteiger partial charge in [-0.1, -0.05) is 36.7 Å². The molecule has 3 heterocycles. The fourth-order valence-electron chi connectivity index (χ4n) is 10.5. The standard InChI is InChI=1S/C47H64Cl2N4O8S/c1-31-11-9-21-47(59-6,29-52(42(54)25-48)27-37-13-7-8-22-53(37)44(56)61-45(3,4)5)39-17-14-35(39)26-51-28-46(20-10-12-33-23-36(49)16-18-38(33)46)30-60-41-19-15-34(24-40(41)51)43(55)50-62(57,58)32(31)2/h9,15-16,18-19,21,23-24,31-32,35,37,39H,7-8,10-14,17,20,22,25-30H2,1-6H3,(H,50,55)/b21-9+/t31-,32+,35-,37+,39+,46-,47-/m0/s1. The maximum Gasteiger partial charge on any atom is 0.410 e. The van der Waals surface area contributed by atoms with Crippen LogP contribution >= 0.6 is 23.2 Å². The largest absolute Gasteiger partial charge is 0.490 e. The number of benzene rings is 2. The minimum Gasteiger partial charge on any atom is -0.490 e. The van der Waals surface area contributed by atoms with E-state index in [-0.39, 0.29) is 59.7 Å². The van der Waals surface area contributed by atoms with Gasteiger partial charge < -0.3 is 28.9 Å². The minimum absolute atomic E-state index is 0.0560. The van der Waals surface area contributed by atoms with Crippen LogP contribution in [0.15, 0.2) is 48.6 Å². The number of nitrogens with zero attached hydrogens (tertiary/aromatic N) is 3. The molecule has 5 aliphatic rings. The van der Waals surface area contributed by atoms with Crippen LogP contribution in [-0.2, 0) is 36.1 Å². The van der Waals surface area contributed by atoms with Crippen LogP contribution in [0.25, 0.3) is 0 Å². The fraction of sp³-hybridized carbons (Fsp3) is 0.638. The molecule has 7 rings (SSSR count). The van der Waals surface area contributed by atoms with Crippen LogP contribution in [0.3, 0.4) is 0 Å². The Labute approximate surface area is 378 Å². The highest BCUT2D eigenvalue weighted by Crippen LogP contribution is 2.49.